The molecule has 112 heavy (non-hydrogen) atoms. The summed E-state index contributed by atoms with van der Waals surface area (Å²) in [5.74, 6) is -2.17. The summed E-state index contributed by atoms with van der Waals surface area (Å²) in [4.78, 5) is 231. The Labute approximate surface area is 650 Å². The summed E-state index contributed by atoms with van der Waals surface area (Å²) in [5, 5.41) is 36.2. The molecule has 0 aromatic carbocycles. The van der Waals surface area contributed by atoms with Crippen LogP contribution >= 0.6 is 0 Å². The van der Waals surface area contributed by atoms with Crippen molar-refractivity contribution in [2.24, 2.45) is 0 Å². The van der Waals surface area contributed by atoms with Crippen molar-refractivity contribution in [3.8, 4) is 0 Å². The first-order chi connectivity index (χ1) is 53.0. The first kappa shape index (κ1) is 139. The molecule has 0 aromatic rings. The molecule has 41 nitrogen and oxygen atoms in total. The molecule has 1 unspecified atom stereocenters. The number of epoxide rings is 1. The monoisotopic (exact) mass is 1620 g/mol. The zero-order chi connectivity index (χ0) is 91.3. The molecule has 4 N–H and O–H groups in total. The van der Waals surface area contributed by atoms with Crippen molar-refractivity contribution in [1.82, 2.24) is 0 Å². The topological polar surface area (TPSA) is 630 Å². The van der Waals surface area contributed by atoms with Crippen LogP contribution in [0.1, 0.15) is 178 Å². The first-order valence-corrected chi connectivity index (χ1v) is 32.4. The highest BCUT2D eigenvalue weighted by Crippen LogP contribution is 2.28. The standard InChI is InChI=1S/C9H16O4.2C7H14O4.C7H12O3.4C7H12O2.C4H8.9CO2/c1-4-7-8(5-9(10)11-3)13-6(2)12-7;2*1-3-5(8)6(9)4-7(10)11-2;1-3-5-6(10-5)4-7(8)9-2;4*1-3-4-5-6-7(8)9-2;1-3-4-2;9*2-1-3/h6-8H,4-5H2,1-3H3;2*5-6,8-9H,3-4H2,1-2H3;5-6H,3-4H2,1-2H3;4*4-5H,3,6H2,1-2H3;3H,1,4H2,2H3;;;;;;;;;/b;;;;2*5-4+;2*5-4-;;;;;;;;;;/t6?,7-,8-;2*5-,6-;5-,6+;;;;;;;;;;;;;;/m0001............../s1. The summed E-state index contributed by atoms with van der Waals surface area (Å²) in [6, 6.07) is 0. The third-order valence-corrected chi connectivity index (χ3v) is 10.7. The maximum Gasteiger partial charge on any atom is 0.373 e. The number of methoxy groups -OCH3 is 8. The Morgan fingerprint density at radius 1 is 0.304 bits per heavy atom. The maximum atomic E-state index is 11.0. The molecule has 2 heterocycles. The highest BCUT2D eigenvalue weighted by Gasteiger charge is 2.38. The maximum absolute atomic E-state index is 11.0. The molecule has 9 atom stereocenters. The van der Waals surface area contributed by atoms with Crippen LogP contribution in [-0.2, 0) is 177 Å². The lowest BCUT2D eigenvalue weighted by Gasteiger charge is -2.13. The largest absolute Gasteiger partial charge is 0.469 e. The summed E-state index contributed by atoms with van der Waals surface area (Å²) < 4.78 is 51.3. The van der Waals surface area contributed by atoms with Crippen LogP contribution < -0.4 is 0 Å². The highest BCUT2D eigenvalue weighted by atomic mass is 16.7. The first-order valence-electron chi connectivity index (χ1n) is 32.4. The highest BCUT2D eigenvalue weighted by molar-refractivity contribution is 5.73. The Balaban J connectivity index is -0.0000000638. The lowest BCUT2D eigenvalue weighted by Crippen LogP contribution is -2.28. The lowest BCUT2D eigenvalue weighted by molar-refractivity contribution is -0.193. The van der Waals surface area contributed by atoms with Crippen LogP contribution in [0.25, 0.3) is 0 Å². The third kappa shape index (κ3) is 164. The van der Waals surface area contributed by atoms with E-state index in [2.05, 4.69) is 51.4 Å². The summed E-state index contributed by atoms with van der Waals surface area (Å²) in [6.07, 6.45) is 25.2. The van der Waals surface area contributed by atoms with E-state index in [1.54, 1.807) is 13.8 Å². The second-order valence-electron chi connectivity index (χ2n) is 18.2. The van der Waals surface area contributed by atoms with Crippen LogP contribution in [0.15, 0.2) is 61.3 Å². The Bertz CT molecular complexity index is 2350. The van der Waals surface area contributed by atoms with Gasteiger partial charge in [0.15, 0.2) is 6.29 Å². The zero-order valence-electron chi connectivity index (χ0n) is 66.5. The second kappa shape index (κ2) is 132. The number of ether oxygens (including phenoxy) is 11. The van der Waals surface area contributed by atoms with Gasteiger partial charge in [0.25, 0.3) is 0 Å². The fraction of sp³-hybridized carbons (Fsp3) is 0.620. The smallest absolute Gasteiger partial charge is 0.373 e. The Kier molecular flexibility index (Phi) is 165. The second-order valence-corrected chi connectivity index (χ2v) is 18.2. The lowest BCUT2D eigenvalue weighted by atomic mass is 10.1. The van der Waals surface area contributed by atoms with E-state index in [1.807, 2.05) is 103 Å². The van der Waals surface area contributed by atoms with Crippen LogP contribution in [0.3, 0.4) is 0 Å². The molecule has 0 amide bonds. The minimum Gasteiger partial charge on any atom is -0.469 e. The molecule has 0 spiro atoms. The number of esters is 8. The van der Waals surface area contributed by atoms with Gasteiger partial charge in [-0.2, -0.15) is 86.3 Å². The van der Waals surface area contributed by atoms with Crippen LogP contribution in [0.2, 0.25) is 0 Å². The zero-order valence-corrected chi connectivity index (χ0v) is 66.5. The van der Waals surface area contributed by atoms with Gasteiger partial charge in [-0.3, -0.25) is 38.4 Å². The van der Waals surface area contributed by atoms with Crippen LogP contribution in [0.5, 0.6) is 0 Å². The van der Waals surface area contributed by atoms with Gasteiger partial charge < -0.3 is 72.5 Å². The molecule has 0 aromatic heterocycles. The van der Waals surface area contributed by atoms with Crippen molar-refractivity contribution in [3.63, 3.8) is 0 Å². The van der Waals surface area contributed by atoms with Gasteiger partial charge in [-0.15, -0.1) is 6.58 Å². The molecule has 2 rings (SSSR count). The number of carbonyl (C=O) groups excluding carboxylic acids is 26. The molecule has 0 aliphatic carbocycles. The molecule has 2 fully saturated rings. The van der Waals surface area contributed by atoms with Gasteiger partial charge in [0.1, 0.15) is 0 Å². The van der Waals surface area contributed by atoms with Gasteiger partial charge in [-0.25, -0.2) is 0 Å². The number of aliphatic hydroxyl groups is 4. The number of aliphatic hydroxyl groups excluding tert-OH is 4. The SMILES string of the molecule is C=CCC.CC/C=C/CC(=O)OC.CC/C=C/CC(=O)OC.CC/C=C\CC(=O)OC.CC/C=C\CC(=O)OC.CC[C@@H]1OC(C)O[C@H]1CC(=O)OC.CC[C@H](O)[C@@H](O)CC(=O)OC.CC[C@H](O)[C@@H](O)CC(=O)OC.CC[C@H]1O[C@H]1CC(=O)OC.O=C=O.O=C=O.O=C=O.O=C=O.O=C=O.O=C=O.O=C=O.O=C=O.O=C=O. The van der Waals surface area contributed by atoms with Crippen molar-refractivity contribution in [2.75, 3.05) is 56.9 Å². The molecule has 0 radical (unpaired) electrons. The van der Waals surface area contributed by atoms with E-state index in [1.165, 1.54) is 56.9 Å². The van der Waals surface area contributed by atoms with E-state index in [0.29, 0.717) is 51.0 Å². The van der Waals surface area contributed by atoms with Crippen molar-refractivity contribution >= 4 is 103 Å². The summed E-state index contributed by atoms with van der Waals surface area (Å²) in [6.45, 7) is 23.0. The van der Waals surface area contributed by atoms with E-state index in [0.717, 1.165) is 44.9 Å². The summed E-state index contributed by atoms with van der Waals surface area (Å²) >= 11 is 0. The molecule has 642 valence electrons. The van der Waals surface area contributed by atoms with Gasteiger partial charge in [0.05, 0.1) is 157 Å². The number of allylic oxidation sites excluding steroid dienone is 5. The molecule has 0 saturated carbocycles. The molecule has 2 aliphatic rings. The predicted octanol–water partition coefficient (Wildman–Crippen LogP) is 3.57. The van der Waals surface area contributed by atoms with Gasteiger partial charge in [-0.05, 0) is 64.7 Å². The molecule has 2 saturated heterocycles. The number of hydrogen-bond acceptors (Lipinski definition) is 41. The van der Waals surface area contributed by atoms with Gasteiger partial charge >= 0.3 is 103 Å². The van der Waals surface area contributed by atoms with E-state index in [9.17, 15) is 38.4 Å². The molecular formula is C71H112O41. The number of carbonyl (C=O) groups is 8. The van der Waals surface area contributed by atoms with Crippen LogP contribution in [0, 0.1) is 0 Å². The average Bonchev–Trinajstić information content (AvgIpc) is 1.71. The third-order valence-electron chi connectivity index (χ3n) is 10.7. The van der Waals surface area contributed by atoms with Crippen LogP contribution in [0.4, 0.5) is 0 Å². The predicted molar refractivity (Wildman–Crippen MR) is 369 cm³/mol. The van der Waals surface area contributed by atoms with E-state index < -0.39 is 36.4 Å². The van der Waals surface area contributed by atoms with Crippen molar-refractivity contribution in [2.45, 2.75) is 234 Å². The number of hydrogen-bond donors (Lipinski definition) is 4. The minimum absolute atomic E-state index is 0.0223. The Morgan fingerprint density at radius 2 is 0.482 bits per heavy atom. The van der Waals surface area contributed by atoms with Gasteiger partial charge in [0, 0.05) is 0 Å². The fourth-order valence-electron chi connectivity index (χ4n) is 5.49. The van der Waals surface area contributed by atoms with Crippen molar-refractivity contribution < 1.29 is 197 Å². The molecule has 2 aliphatic heterocycles. The molecular weight excluding hydrogens is 1510 g/mol. The van der Waals surface area contributed by atoms with E-state index in [-0.39, 0.29) is 135 Å². The number of rotatable bonds is 27. The van der Waals surface area contributed by atoms with Gasteiger partial charge in [-0.1, -0.05) is 117 Å². The summed E-state index contributed by atoms with van der Waals surface area (Å²) in [7, 11) is 10.8. The summed E-state index contributed by atoms with van der Waals surface area (Å²) in [5.41, 5.74) is 0. The average molecular weight is 1620 g/mol. The van der Waals surface area contributed by atoms with E-state index >= 15 is 0 Å². The van der Waals surface area contributed by atoms with Crippen molar-refractivity contribution in [1.29, 1.82) is 0 Å². The Hall–Kier alpha value is -11.4. The van der Waals surface area contributed by atoms with Crippen LogP contribution in [-0.4, -0.2) is 236 Å². The molecule has 0 bridgehead atoms. The Morgan fingerprint density at radius 3 is 0.634 bits per heavy atom. The van der Waals surface area contributed by atoms with Gasteiger partial charge in [0.2, 0.25) is 0 Å². The fourth-order valence-corrected chi connectivity index (χ4v) is 5.49. The quantitative estimate of drug-likeness (QED) is 0.0395. The molecule has 41 heteroatoms. The van der Waals surface area contributed by atoms with E-state index in [4.69, 9.17) is 121 Å². The normalized spacial score (nSPS) is 13.7. The van der Waals surface area contributed by atoms with Crippen molar-refractivity contribution in [3.05, 3.63) is 61.3 Å². The minimum atomic E-state index is -1.01.